The third-order valence-corrected chi connectivity index (χ3v) is 4.15. The summed E-state index contributed by atoms with van der Waals surface area (Å²) in [5.41, 5.74) is 2.12. The maximum absolute atomic E-state index is 6.03. The summed E-state index contributed by atoms with van der Waals surface area (Å²) in [5, 5.41) is 4.16. The molecule has 1 aromatic carbocycles. The summed E-state index contributed by atoms with van der Waals surface area (Å²) in [6.07, 6.45) is 0. The predicted octanol–water partition coefficient (Wildman–Crippen LogP) is 2.02. The second kappa shape index (κ2) is 5.12. The molecule has 1 aliphatic heterocycles. The van der Waals surface area contributed by atoms with Crippen LogP contribution in [0.25, 0.3) is 11.0 Å². The van der Waals surface area contributed by atoms with Crippen molar-refractivity contribution in [3.8, 4) is 0 Å². The second-order valence-electron chi connectivity index (χ2n) is 5.24. The summed E-state index contributed by atoms with van der Waals surface area (Å²) >= 11 is 6.03. The summed E-state index contributed by atoms with van der Waals surface area (Å²) < 4.78 is 2.17. The largest absolute Gasteiger partial charge is 0.330 e. The highest BCUT2D eigenvalue weighted by atomic mass is 35.5. The molecule has 1 aromatic heterocycles. The first-order valence-corrected chi connectivity index (χ1v) is 7.08. The van der Waals surface area contributed by atoms with Crippen LogP contribution in [-0.2, 0) is 13.6 Å². The average molecular weight is 279 g/mol. The monoisotopic (exact) mass is 278 g/mol. The van der Waals surface area contributed by atoms with Gasteiger partial charge in [0.2, 0.25) is 0 Å². The number of aryl methyl sites for hydroxylation is 1. The van der Waals surface area contributed by atoms with Crippen molar-refractivity contribution in [1.82, 2.24) is 19.8 Å². The molecule has 0 aliphatic carbocycles. The van der Waals surface area contributed by atoms with Gasteiger partial charge in [-0.3, -0.25) is 4.90 Å². The van der Waals surface area contributed by atoms with Crippen LogP contribution in [-0.4, -0.2) is 40.1 Å². The van der Waals surface area contributed by atoms with Crippen molar-refractivity contribution in [3.63, 3.8) is 0 Å². The number of fused-ring (bicyclic) bond motifs is 1. The molecule has 0 amide bonds. The smallest absolute Gasteiger partial charge is 0.123 e. The van der Waals surface area contributed by atoms with Gasteiger partial charge in [-0.25, -0.2) is 4.98 Å². The fraction of sp³-hybridized carbons (Fsp3) is 0.500. The van der Waals surface area contributed by atoms with Gasteiger partial charge in [0.05, 0.1) is 17.6 Å². The zero-order valence-corrected chi connectivity index (χ0v) is 12.1. The van der Waals surface area contributed by atoms with Gasteiger partial charge >= 0.3 is 0 Å². The third kappa shape index (κ3) is 2.48. The van der Waals surface area contributed by atoms with Crippen molar-refractivity contribution in [1.29, 1.82) is 0 Å². The molecule has 1 N–H and O–H groups in total. The maximum atomic E-state index is 6.03. The van der Waals surface area contributed by atoms with Gasteiger partial charge in [-0.15, -0.1) is 0 Å². The molecule has 5 heteroatoms. The molecule has 1 atom stereocenters. The summed E-state index contributed by atoms with van der Waals surface area (Å²) in [5.74, 6) is 1.10. The van der Waals surface area contributed by atoms with E-state index in [4.69, 9.17) is 16.6 Å². The van der Waals surface area contributed by atoms with Crippen molar-refractivity contribution < 1.29 is 0 Å². The fourth-order valence-corrected chi connectivity index (χ4v) is 2.83. The lowest BCUT2D eigenvalue weighted by Gasteiger charge is -2.33. The van der Waals surface area contributed by atoms with E-state index in [0.717, 1.165) is 48.1 Å². The number of nitrogens with one attached hydrogen (secondary N) is 1. The Morgan fingerprint density at radius 2 is 2.32 bits per heavy atom. The number of aromatic nitrogens is 2. The summed E-state index contributed by atoms with van der Waals surface area (Å²) in [7, 11) is 2.07. The van der Waals surface area contributed by atoms with Gasteiger partial charge in [0, 0.05) is 37.7 Å². The minimum Gasteiger partial charge on any atom is -0.330 e. The SMILES string of the molecule is C[C@@H]1CNCCN1Cc1nc2cc(Cl)ccc2n1C. The molecule has 2 aromatic rings. The number of hydrogen-bond acceptors (Lipinski definition) is 3. The van der Waals surface area contributed by atoms with E-state index in [2.05, 4.69) is 28.8 Å². The molecule has 19 heavy (non-hydrogen) atoms. The molecular formula is C14H19ClN4. The van der Waals surface area contributed by atoms with E-state index in [1.165, 1.54) is 0 Å². The first-order chi connectivity index (χ1) is 9.15. The minimum atomic E-state index is 0.553. The Labute approximate surface area is 118 Å². The Balaban J connectivity index is 1.90. The van der Waals surface area contributed by atoms with E-state index in [1.54, 1.807) is 0 Å². The van der Waals surface area contributed by atoms with Gasteiger partial charge in [0.25, 0.3) is 0 Å². The van der Waals surface area contributed by atoms with Crippen LogP contribution in [0.15, 0.2) is 18.2 Å². The van der Waals surface area contributed by atoms with E-state index >= 15 is 0 Å². The van der Waals surface area contributed by atoms with Gasteiger partial charge in [-0.2, -0.15) is 0 Å². The number of rotatable bonds is 2. The molecule has 0 bridgehead atoms. The Morgan fingerprint density at radius 3 is 3.11 bits per heavy atom. The van der Waals surface area contributed by atoms with Crippen molar-refractivity contribution in [2.45, 2.75) is 19.5 Å². The quantitative estimate of drug-likeness (QED) is 0.912. The standard InChI is InChI=1S/C14H19ClN4/c1-10-8-16-5-6-19(10)9-14-17-12-7-11(15)3-4-13(12)18(14)2/h3-4,7,10,16H,5-6,8-9H2,1-2H3/t10-/m1/s1. The van der Waals surface area contributed by atoms with Crippen molar-refractivity contribution in [2.24, 2.45) is 7.05 Å². The Kier molecular flexibility index (Phi) is 3.48. The van der Waals surface area contributed by atoms with Crippen LogP contribution in [0.2, 0.25) is 5.02 Å². The van der Waals surface area contributed by atoms with E-state index in [1.807, 2.05) is 18.2 Å². The lowest BCUT2D eigenvalue weighted by Crippen LogP contribution is -2.49. The molecule has 102 valence electrons. The fourth-order valence-electron chi connectivity index (χ4n) is 2.66. The second-order valence-corrected chi connectivity index (χ2v) is 5.68. The highest BCUT2D eigenvalue weighted by molar-refractivity contribution is 6.31. The summed E-state index contributed by atoms with van der Waals surface area (Å²) in [6, 6.07) is 6.44. The van der Waals surface area contributed by atoms with Crippen LogP contribution < -0.4 is 5.32 Å². The van der Waals surface area contributed by atoms with E-state index in [9.17, 15) is 0 Å². The number of piperazine rings is 1. The van der Waals surface area contributed by atoms with Crippen molar-refractivity contribution in [2.75, 3.05) is 19.6 Å². The molecule has 0 spiro atoms. The van der Waals surface area contributed by atoms with Crippen molar-refractivity contribution >= 4 is 22.6 Å². The summed E-state index contributed by atoms with van der Waals surface area (Å²) in [6.45, 7) is 6.33. The molecule has 1 saturated heterocycles. The van der Waals surface area contributed by atoms with Crippen LogP contribution in [0.3, 0.4) is 0 Å². The zero-order valence-electron chi connectivity index (χ0n) is 11.4. The van der Waals surface area contributed by atoms with Gasteiger partial charge in [-0.05, 0) is 25.1 Å². The Hall–Kier alpha value is -1.10. The van der Waals surface area contributed by atoms with Crippen LogP contribution in [0, 0.1) is 0 Å². The summed E-state index contributed by atoms with van der Waals surface area (Å²) in [4.78, 5) is 7.19. The molecule has 0 radical (unpaired) electrons. The van der Waals surface area contributed by atoms with Gasteiger partial charge < -0.3 is 9.88 Å². The van der Waals surface area contributed by atoms with Crippen LogP contribution in [0.5, 0.6) is 0 Å². The van der Waals surface area contributed by atoms with Crippen LogP contribution in [0.4, 0.5) is 0 Å². The van der Waals surface area contributed by atoms with E-state index in [0.29, 0.717) is 6.04 Å². The number of benzene rings is 1. The topological polar surface area (TPSA) is 33.1 Å². The van der Waals surface area contributed by atoms with E-state index in [-0.39, 0.29) is 0 Å². The first-order valence-electron chi connectivity index (χ1n) is 6.71. The zero-order chi connectivity index (χ0) is 13.4. The Morgan fingerprint density at radius 1 is 1.47 bits per heavy atom. The number of hydrogen-bond donors (Lipinski definition) is 1. The molecular weight excluding hydrogens is 260 g/mol. The van der Waals surface area contributed by atoms with Crippen LogP contribution >= 0.6 is 11.6 Å². The molecule has 1 aliphatic rings. The normalized spacial score (nSPS) is 21.1. The number of halogens is 1. The maximum Gasteiger partial charge on any atom is 0.123 e. The molecule has 4 nitrogen and oxygen atoms in total. The lowest BCUT2D eigenvalue weighted by molar-refractivity contribution is 0.160. The highest BCUT2D eigenvalue weighted by Gasteiger charge is 2.20. The lowest BCUT2D eigenvalue weighted by atomic mass is 10.2. The van der Waals surface area contributed by atoms with Crippen molar-refractivity contribution in [3.05, 3.63) is 29.0 Å². The molecule has 0 saturated carbocycles. The highest BCUT2D eigenvalue weighted by Crippen LogP contribution is 2.20. The predicted molar refractivity (Wildman–Crippen MR) is 78.5 cm³/mol. The number of imidazole rings is 1. The Bertz CT molecular complexity index is 592. The molecule has 1 fully saturated rings. The van der Waals surface area contributed by atoms with E-state index < -0.39 is 0 Å². The average Bonchev–Trinajstić information content (AvgIpc) is 2.68. The molecule has 3 rings (SSSR count). The van der Waals surface area contributed by atoms with Crippen LogP contribution in [0.1, 0.15) is 12.7 Å². The third-order valence-electron chi connectivity index (χ3n) is 3.92. The van der Waals surface area contributed by atoms with Gasteiger partial charge in [0.1, 0.15) is 5.82 Å². The number of nitrogens with zero attached hydrogens (tertiary/aromatic N) is 3. The molecule has 0 unspecified atom stereocenters. The minimum absolute atomic E-state index is 0.553. The van der Waals surface area contributed by atoms with Gasteiger partial charge in [-0.1, -0.05) is 11.6 Å². The first kappa shape index (κ1) is 12.9. The van der Waals surface area contributed by atoms with Gasteiger partial charge in [0.15, 0.2) is 0 Å². The molecule has 2 heterocycles.